The Morgan fingerprint density at radius 2 is 1.59 bits per heavy atom. The number of hydrogen-bond donors (Lipinski definition) is 1. The molecule has 0 atom stereocenters. The molecule has 2 aromatic heterocycles. The maximum Gasteiger partial charge on any atom is 0.161 e. The number of ether oxygens (including phenoxy) is 2. The van der Waals surface area contributed by atoms with Crippen molar-refractivity contribution in [3.05, 3.63) is 65.4 Å². The minimum absolute atomic E-state index is 0.670. The molecule has 0 aliphatic rings. The highest BCUT2D eigenvalue weighted by Crippen LogP contribution is 2.34. The Hall–Kier alpha value is -3.54. The molecule has 6 heteroatoms. The maximum absolute atomic E-state index is 5.46. The van der Waals surface area contributed by atoms with Gasteiger partial charge < -0.3 is 14.8 Å². The van der Waals surface area contributed by atoms with Gasteiger partial charge in [0.1, 0.15) is 5.82 Å². The molecule has 148 valence electrons. The molecule has 0 radical (unpaired) electrons. The zero-order chi connectivity index (χ0) is 20.5. The summed E-state index contributed by atoms with van der Waals surface area (Å²) in [6.45, 7) is 6.10. The van der Waals surface area contributed by atoms with Gasteiger partial charge in [-0.25, -0.2) is 4.98 Å². The number of aromatic nitrogens is 3. The molecule has 29 heavy (non-hydrogen) atoms. The van der Waals surface area contributed by atoms with Gasteiger partial charge in [-0.15, -0.1) is 0 Å². The standard InChI is InChI=1S/C23H24N4O2/c1-14-6-9-18(10-7-14)25-21-12-15(2)24-23-16(3)22(26-27(21)23)17-8-11-19(28-4)20(13-17)29-5/h6-13,25H,1-5H3. The van der Waals surface area contributed by atoms with E-state index in [-0.39, 0.29) is 0 Å². The Kier molecular flexibility index (Phi) is 4.84. The Balaban J connectivity index is 1.83. The summed E-state index contributed by atoms with van der Waals surface area (Å²) in [6.07, 6.45) is 0. The second-order valence-corrected chi connectivity index (χ2v) is 7.05. The van der Waals surface area contributed by atoms with Gasteiger partial charge in [0.05, 0.1) is 19.9 Å². The molecule has 0 spiro atoms. The molecule has 1 N–H and O–H groups in total. The van der Waals surface area contributed by atoms with Gasteiger partial charge in [-0.2, -0.15) is 9.61 Å². The Labute approximate surface area is 170 Å². The third-order valence-corrected chi connectivity index (χ3v) is 4.93. The van der Waals surface area contributed by atoms with Crippen LogP contribution >= 0.6 is 0 Å². The summed E-state index contributed by atoms with van der Waals surface area (Å²) in [5.74, 6) is 2.23. The lowest BCUT2D eigenvalue weighted by atomic mass is 10.1. The van der Waals surface area contributed by atoms with Gasteiger partial charge in [0, 0.05) is 28.6 Å². The number of aryl methyl sites for hydroxylation is 3. The number of fused-ring (bicyclic) bond motifs is 1. The van der Waals surface area contributed by atoms with Crippen LogP contribution in [0.2, 0.25) is 0 Å². The fourth-order valence-electron chi connectivity index (χ4n) is 3.38. The van der Waals surface area contributed by atoms with Crippen molar-refractivity contribution >= 4 is 17.2 Å². The van der Waals surface area contributed by atoms with Crippen molar-refractivity contribution in [2.45, 2.75) is 20.8 Å². The van der Waals surface area contributed by atoms with Gasteiger partial charge in [-0.3, -0.25) is 0 Å². The highest BCUT2D eigenvalue weighted by Gasteiger charge is 2.17. The molecule has 0 saturated carbocycles. The van der Waals surface area contributed by atoms with E-state index in [0.29, 0.717) is 11.5 Å². The van der Waals surface area contributed by atoms with Crippen molar-refractivity contribution in [3.63, 3.8) is 0 Å². The molecule has 4 aromatic rings. The molecule has 0 aliphatic carbocycles. The van der Waals surface area contributed by atoms with E-state index >= 15 is 0 Å². The third kappa shape index (κ3) is 3.49. The van der Waals surface area contributed by atoms with E-state index < -0.39 is 0 Å². The van der Waals surface area contributed by atoms with Crippen molar-refractivity contribution < 1.29 is 9.47 Å². The predicted molar refractivity (Wildman–Crippen MR) is 115 cm³/mol. The lowest BCUT2D eigenvalue weighted by Crippen LogP contribution is -2.02. The van der Waals surface area contributed by atoms with Crippen molar-refractivity contribution in [2.24, 2.45) is 0 Å². The van der Waals surface area contributed by atoms with Gasteiger partial charge in [0.25, 0.3) is 0 Å². The van der Waals surface area contributed by atoms with E-state index in [1.54, 1.807) is 14.2 Å². The summed E-state index contributed by atoms with van der Waals surface area (Å²) in [7, 11) is 3.26. The first-order chi connectivity index (χ1) is 14.0. The quantitative estimate of drug-likeness (QED) is 0.516. The normalized spacial score (nSPS) is 10.9. The fourth-order valence-corrected chi connectivity index (χ4v) is 3.38. The number of nitrogens with zero attached hydrogens (tertiary/aromatic N) is 3. The van der Waals surface area contributed by atoms with Crippen molar-refractivity contribution in [1.82, 2.24) is 14.6 Å². The monoisotopic (exact) mass is 388 g/mol. The zero-order valence-electron chi connectivity index (χ0n) is 17.3. The van der Waals surface area contributed by atoms with Crippen LogP contribution < -0.4 is 14.8 Å². The average molecular weight is 388 g/mol. The minimum atomic E-state index is 0.670. The predicted octanol–water partition coefficient (Wildman–Crippen LogP) is 5.08. The first kappa shape index (κ1) is 18.8. The van der Waals surface area contributed by atoms with E-state index in [9.17, 15) is 0 Å². The molecule has 0 amide bonds. The summed E-state index contributed by atoms with van der Waals surface area (Å²) in [5.41, 5.74) is 6.78. The lowest BCUT2D eigenvalue weighted by molar-refractivity contribution is 0.355. The average Bonchev–Trinajstić information content (AvgIpc) is 3.06. The fraction of sp³-hybridized carbons (Fsp3) is 0.217. The summed E-state index contributed by atoms with van der Waals surface area (Å²) < 4.78 is 12.7. The molecule has 4 rings (SSSR count). The van der Waals surface area contributed by atoms with Crippen LogP contribution in [0.25, 0.3) is 16.9 Å². The van der Waals surface area contributed by atoms with Crippen LogP contribution in [0.5, 0.6) is 11.5 Å². The second kappa shape index (κ2) is 7.47. The molecule has 2 heterocycles. The van der Waals surface area contributed by atoms with Crippen LogP contribution in [0.15, 0.2) is 48.5 Å². The number of anilines is 2. The number of hydrogen-bond acceptors (Lipinski definition) is 5. The lowest BCUT2D eigenvalue weighted by Gasteiger charge is -2.09. The molecular formula is C23H24N4O2. The van der Waals surface area contributed by atoms with E-state index in [4.69, 9.17) is 19.6 Å². The van der Waals surface area contributed by atoms with Crippen molar-refractivity contribution in [3.8, 4) is 22.8 Å². The summed E-state index contributed by atoms with van der Waals surface area (Å²) in [5, 5.41) is 8.33. The summed E-state index contributed by atoms with van der Waals surface area (Å²) in [4.78, 5) is 4.72. The van der Waals surface area contributed by atoms with Gasteiger partial charge in [0.15, 0.2) is 17.1 Å². The van der Waals surface area contributed by atoms with Crippen molar-refractivity contribution in [2.75, 3.05) is 19.5 Å². The first-order valence-electron chi connectivity index (χ1n) is 9.43. The third-order valence-electron chi connectivity index (χ3n) is 4.93. The summed E-state index contributed by atoms with van der Waals surface area (Å²) in [6, 6.07) is 16.1. The highest BCUT2D eigenvalue weighted by atomic mass is 16.5. The maximum atomic E-state index is 5.46. The van der Waals surface area contributed by atoms with Gasteiger partial charge in [-0.1, -0.05) is 17.7 Å². The molecule has 2 aromatic carbocycles. The first-order valence-corrected chi connectivity index (χ1v) is 9.43. The van der Waals surface area contributed by atoms with E-state index in [2.05, 4.69) is 36.5 Å². The van der Waals surface area contributed by atoms with Crippen molar-refractivity contribution in [1.29, 1.82) is 0 Å². The number of rotatable bonds is 5. The van der Waals surface area contributed by atoms with E-state index in [1.807, 2.05) is 42.6 Å². The molecular weight excluding hydrogens is 364 g/mol. The van der Waals surface area contributed by atoms with Crippen LogP contribution in [0.4, 0.5) is 11.5 Å². The SMILES string of the molecule is COc1ccc(-c2nn3c(Nc4ccc(C)cc4)cc(C)nc3c2C)cc1OC. The second-order valence-electron chi connectivity index (χ2n) is 7.05. The topological polar surface area (TPSA) is 60.7 Å². The molecule has 0 saturated heterocycles. The number of nitrogens with one attached hydrogen (secondary N) is 1. The Bertz CT molecular complexity index is 1180. The highest BCUT2D eigenvalue weighted by molar-refractivity contribution is 5.74. The Morgan fingerprint density at radius 1 is 0.862 bits per heavy atom. The van der Waals surface area contributed by atoms with Crippen LogP contribution in [0.1, 0.15) is 16.8 Å². The van der Waals surface area contributed by atoms with Crippen LogP contribution in [-0.4, -0.2) is 28.8 Å². The molecule has 0 bridgehead atoms. The number of methoxy groups -OCH3 is 2. The van der Waals surface area contributed by atoms with Crippen LogP contribution in [-0.2, 0) is 0 Å². The molecule has 0 fully saturated rings. The molecule has 6 nitrogen and oxygen atoms in total. The molecule has 0 aliphatic heterocycles. The van der Waals surface area contributed by atoms with E-state index in [1.165, 1.54) is 5.56 Å². The van der Waals surface area contributed by atoms with Crippen LogP contribution in [0, 0.1) is 20.8 Å². The Morgan fingerprint density at radius 3 is 2.28 bits per heavy atom. The largest absolute Gasteiger partial charge is 0.493 e. The zero-order valence-corrected chi connectivity index (χ0v) is 17.3. The van der Waals surface area contributed by atoms with Gasteiger partial charge >= 0.3 is 0 Å². The minimum Gasteiger partial charge on any atom is -0.493 e. The van der Waals surface area contributed by atoms with Gasteiger partial charge in [-0.05, 0) is 51.1 Å². The smallest absolute Gasteiger partial charge is 0.161 e. The summed E-state index contributed by atoms with van der Waals surface area (Å²) >= 11 is 0. The number of benzene rings is 2. The van der Waals surface area contributed by atoms with E-state index in [0.717, 1.165) is 39.7 Å². The van der Waals surface area contributed by atoms with Gasteiger partial charge in [0.2, 0.25) is 0 Å². The molecule has 0 unspecified atom stereocenters. The van der Waals surface area contributed by atoms with Crippen LogP contribution in [0.3, 0.4) is 0 Å².